The van der Waals surface area contributed by atoms with Crippen LogP contribution in [0.15, 0.2) is 81.5 Å². The van der Waals surface area contributed by atoms with Gasteiger partial charge in [0.2, 0.25) is 0 Å². The second-order valence-corrected chi connectivity index (χ2v) is 9.47. The van der Waals surface area contributed by atoms with Crippen LogP contribution >= 0.6 is 0 Å². The molecule has 1 unspecified atom stereocenters. The van der Waals surface area contributed by atoms with E-state index in [0.717, 1.165) is 27.5 Å². The lowest BCUT2D eigenvalue weighted by atomic mass is 9.92. The van der Waals surface area contributed by atoms with Crippen molar-refractivity contribution in [3.05, 3.63) is 88.8 Å². The number of hydrogen-bond donors (Lipinski definition) is 0. The summed E-state index contributed by atoms with van der Waals surface area (Å²) >= 11 is 0. The Bertz CT molecular complexity index is 1610. The Labute approximate surface area is 220 Å². The standard InChI is InChI=1S/C31H25N5O2/c32-16-28-23-14-22-8-9-29-27(13-21-5-2-1-3-6-21)30(22)31(28)35-17-24(15-23)34-19-25-18-33-20-36(25)11-10-26(37)7-4-12-38-29/h1-6,8-9,12,14-15,17-19,25H,7,10-11,13,20H2. The maximum absolute atomic E-state index is 12.5. The van der Waals surface area contributed by atoms with Crippen LogP contribution in [0.2, 0.25) is 0 Å². The Hall–Kier alpha value is -4.67. The Morgan fingerprint density at radius 3 is 2.87 bits per heavy atom. The monoisotopic (exact) mass is 499 g/mol. The molecule has 7 nitrogen and oxygen atoms in total. The van der Waals surface area contributed by atoms with Gasteiger partial charge in [0.15, 0.2) is 0 Å². The number of rotatable bonds is 2. The molecule has 186 valence electrons. The molecule has 0 amide bonds. The molecule has 3 heterocycles. The predicted molar refractivity (Wildman–Crippen MR) is 150 cm³/mol. The Kier molecular flexibility index (Phi) is 6.47. The summed E-state index contributed by atoms with van der Waals surface area (Å²) in [6.07, 6.45) is 11.9. The van der Waals surface area contributed by atoms with E-state index in [4.69, 9.17) is 14.7 Å². The molecule has 3 aromatic carbocycles. The number of allylic oxidation sites excluding steroid dienone is 2. The second kappa shape index (κ2) is 10.4. The van der Waals surface area contributed by atoms with E-state index in [2.05, 4.69) is 28.1 Å². The molecule has 0 saturated carbocycles. The highest BCUT2D eigenvalue weighted by atomic mass is 16.5. The molecule has 3 aliphatic rings. The van der Waals surface area contributed by atoms with Gasteiger partial charge in [-0.2, -0.15) is 5.26 Å². The summed E-state index contributed by atoms with van der Waals surface area (Å²) in [7, 11) is 0. The number of nitriles is 1. The first-order valence-corrected chi connectivity index (χ1v) is 12.6. The van der Waals surface area contributed by atoms with Gasteiger partial charge < -0.3 is 4.74 Å². The molecule has 0 N–H and O–H groups in total. The third-order valence-electron chi connectivity index (χ3n) is 6.97. The summed E-state index contributed by atoms with van der Waals surface area (Å²) in [4.78, 5) is 28.5. The zero-order chi connectivity index (χ0) is 25.9. The number of ketones is 1. The number of nitrogens with zero attached hydrogens (tertiary/aromatic N) is 5. The average molecular weight is 500 g/mol. The first-order chi connectivity index (χ1) is 18.7. The van der Waals surface area contributed by atoms with E-state index in [-0.39, 0.29) is 11.8 Å². The fourth-order valence-electron chi connectivity index (χ4n) is 5.03. The lowest BCUT2D eigenvalue weighted by molar-refractivity contribution is -0.118. The summed E-state index contributed by atoms with van der Waals surface area (Å²) in [6.45, 7) is 1.13. The van der Waals surface area contributed by atoms with Crippen molar-refractivity contribution in [3.63, 3.8) is 0 Å². The Morgan fingerprint density at radius 1 is 1.11 bits per heavy atom. The van der Waals surface area contributed by atoms with Crippen LogP contribution in [-0.2, 0) is 11.2 Å². The van der Waals surface area contributed by atoms with Gasteiger partial charge in [0.05, 0.1) is 42.1 Å². The van der Waals surface area contributed by atoms with Crippen molar-refractivity contribution in [3.8, 4) is 11.8 Å². The van der Waals surface area contributed by atoms with Crippen LogP contribution in [0.3, 0.4) is 0 Å². The number of benzene rings is 3. The van der Waals surface area contributed by atoms with Crippen LogP contribution in [-0.4, -0.2) is 48.6 Å². The molecule has 0 aromatic heterocycles. The van der Waals surface area contributed by atoms with Gasteiger partial charge in [0.25, 0.3) is 0 Å². The van der Waals surface area contributed by atoms with E-state index in [9.17, 15) is 10.1 Å². The molecule has 0 fully saturated rings. The lowest BCUT2D eigenvalue weighted by Crippen LogP contribution is -2.34. The molecule has 38 heavy (non-hydrogen) atoms. The summed E-state index contributed by atoms with van der Waals surface area (Å²) in [5, 5.41) is 12.0. The van der Waals surface area contributed by atoms with Gasteiger partial charge in [0, 0.05) is 49.2 Å². The number of carbonyl (C=O) groups excluding carboxylic acids is 1. The third-order valence-corrected chi connectivity index (χ3v) is 6.97. The highest BCUT2D eigenvalue weighted by Crippen LogP contribution is 2.41. The van der Waals surface area contributed by atoms with Crippen molar-refractivity contribution in [1.29, 1.82) is 5.26 Å². The van der Waals surface area contributed by atoms with Gasteiger partial charge in [0.1, 0.15) is 17.6 Å². The van der Waals surface area contributed by atoms with E-state index in [1.807, 2.05) is 54.9 Å². The number of carbonyl (C=O) groups is 1. The zero-order valence-corrected chi connectivity index (χ0v) is 20.7. The maximum Gasteiger partial charge on any atom is 0.138 e. The normalized spacial score (nSPS) is 18.9. The molecular formula is C31H25N5O2. The largest absolute Gasteiger partial charge is 0.465 e. The first kappa shape index (κ1) is 23.7. The number of fused-ring (bicyclic) bond motifs is 4. The van der Waals surface area contributed by atoms with Crippen molar-refractivity contribution >= 4 is 47.0 Å². The average Bonchev–Trinajstić information content (AvgIpc) is 3.34. The van der Waals surface area contributed by atoms with Crippen molar-refractivity contribution in [2.24, 2.45) is 15.0 Å². The van der Waals surface area contributed by atoms with Crippen LogP contribution in [0.5, 0.6) is 5.75 Å². The highest BCUT2D eigenvalue weighted by molar-refractivity contribution is 6.06. The molecule has 0 saturated heterocycles. The summed E-state index contributed by atoms with van der Waals surface area (Å²) in [6, 6.07) is 18.4. The van der Waals surface area contributed by atoms with Crippen molar-refractivity contribution in [2.75, 3.05) is 13.2 Å². The van der Waals surface area contributed by atoms with E-state index in [1.54, 1.807) is 18.6 Å². The van der Waals surface area contributed by atoms with Crippen LogP contribution in [0.25, 0.3) is 16.8 Å². The summed E-state index contributed by atoms with van der Waals surface area (Å²) in [5.74, 6) is 0.803. The van der Waals surface area contributed by atoms with Gasteiger partial charge in [-0.1, -0.05) is 36.4 Å². The fourth-order valence-corrected chi connectivity index (χ4v) is 5.03. The lowest BCUT2D eigenvalue weighted by Gasteiger charge is -2.18. The van der Waals surface area contributed by atoms with Crippen molar-refractivity contribution in [2.45, 2.75) is 25.3 Å². The molecular weight excluding hydrogens is 474 g/mol. The van der Waals surface area contributed by atoms with Crippen LogP contribution in [0.1, 0.15) is 35.1 Å². The second-order valence-electron chi connectivity index (χ2n) is 9.47. The molecule has 6 rings (SSSR count). The SMILES string of the molecule is N#Cc1c2cc3ccc4c(Cc5ccccc5)c3c1N=CC(=C2)N=CC1C=NCN1CCC(=O)CC=CO4. The number of ether oxygens (including phenoxy) is 1. The summed E-state index contributed by atoms with van der Waals surface area (Å²) < 4.78 is 6.11. The third kappa shape index (κ3) is 4.70. The molecule has 0 aliphatic carbocycles. The topological polar surface area (TPSA) is 90.4 Å². The zero-order valence-electron chi connectivity index (χ0n) is 20.7. The molecule has 5 bridgehead atoms. The molecule has 1 atom stereocenters. The van der Waals surface area contributed by atoms with E-state index in [1.165, 1.54) is 0 Å². The number of hydrogen-bond acceptors (Lipinski definition) is 7. The molecule has 0 radical (unpaired) electrons. The summed E-state index contributed by atoms with van der Waals surface area (Å²) in [5.41, 5.74) is 4.60. The maximum atomic E-state index is 12.5. The number of aliphatic imine (C=N–C) groups is 3. The van der Waals surface area contributed by atoms with E-state index in [0.29, 0.717) is 55.2 Å². The van der Waals surface area contributed by atoms with Gasteiger partial charge >= 0.3 is 0 Å². The van der Waals surface area contributed by atoms with E-state index < -0.39 is 0 Å². The quantitative estimate of drug-likeness (QED) is 0.472. The van der Waals surface area contributed by atoms with Gasteiger partial charge in [-0.15, -0.1) is 0 Å². The van der Waals surface area contributed by atoms with Crippen LogP contribution < -0.4 is 4.74 Å². The highest BCUT2D eigenvalue weighted by Gasteiger charge is 2.22. The van der Waals surface area contributed by atoms with Crippen LogP contribution in [0, 0.1) is 11.3 Å². The minimum Gasteiger partial charge on any atom is -0.465 e. The minimum atomic E-state index is -0.101. The van der Waals surface area contributed by atoms with Gasteiger partial charge in [-0.3, -0.25) is 24.7 Å². The fraction of sp³-hybridized carbons (Fsp3) is 0.194. The smallest absolute Gasteiger partial charge is 0.138 e. The molecule has 3 aromatic rings. The Morgan fingerprint density at radius 2 is 2.00 bits per heavy atom. The van der Waals surface area contributed by atoms with Gasteiger partial charge in [-0.05, 0) is 40.8 Å². The predicted octanol–water partition coefficient (Wildman–Crippen LogP) is 5.40. The molecule has 7 heteroatoms. The molecule has 3 aliphatic heterocycles. The minimum absolute atomic E-state index is 0.101. The first-order valence-electron chi connectivity index (χ1n) is 12.6. The molecule has 0 spiro atoms. The Balaban J connectivity index is 1.53. The van der Waals surface area contributed by atoms with Crippen molar-refractivity contribution in [1.82, 2.24) is 4.90 Å². The van der Waals surface area contributed by atoms with Crippen molar-refractivity contribution < 1.29 is 9.53 Å². The van der Waals surface area contributed by atoms with E-state index >= 15 is 0 Å². The van der Waals surface area contributed by atoms with Gasteiger partial charge in [-0.25, -0.2) is 0 Å². The number of Topliss-reactive ketones (excluding diaryl/α,β-unsaturated/α-hetero) is 1. The van der Waals surface area contributed by atoms with Crippen LogP contribution in [0.4, 0.5) is 5.69 Å².